The number of thioether (sulfide) groups is 1. The first-order valence-electron chi connectivity index (χ1n) is 0.977. The van der Waals surface area contributed by atoms with E-state index >= 15 is 0 Å². The molecule has 0 heterocycles. The van der Waals surface area contributed by atoms with Crippen molar-refractivity contribution in [2.45, 2.75) is 0 Å². The maximum absolute atomic E-state index is 4.87. The molecule has 0 amide bonds. The third-order valence-corrected chi connectivity index (χ3v) is 0.408. The molecule has 2 heteroatoms. The Labute approximate surface area is 31.7 Å². The van der Waals surface area contributed by atoms with Crippen molar-refractivity contribution in [1.29, 1.82) is 0 Å². The SMILES string of the molecule is [B]=CSC. The number of hydrogen-bond donors (Lipinski definition) is 0. The zero-order chi connectivity index (χ0) is 3.41. The van der Waals surface area contributed by atoms with Crippen molar-refractivity contribution in [3.8, 4) is 0 Å². The molecule has 0 aromatic carbocycles. The molecule has 0 nitrogen and oxygen atoms in total. The molecule has 0 aliphatic carbocycles. The van der Waals surface area contributed by atoms with Gasteiger partial charge in [0.25, 0.3) is 0 Å². The topological polar surface area (TPSA) is 0 Å². The molecule has 0 saturated heterocycles. The second kappa shape index (κ2) is 3.28. The van der Waals surface area contributed by atoms with Crippen molar-refractivity contribution in [3.63, 3.8) is 0 Å². The van der Waals surface area contributed by atoms with Crippen LogP contribution in [0.4, 0.5) is 0 Å². The monoisotopic (exact) mass is 71.0 g/mol. The van der Waals surface area contributed by atoms with E-state index in [-0.39, 0.29) is 0 Å². The first kappa shape index (κ1) is 4.28. The average Bonchev–Trinajstić information content (AvgIpc) is 1.37. The Bertz CT molecular complexity index is 20.0. The fourth-order valence-electron chi connectivity index (χ4n) is 0. The van der Waals surface area contributed by atoms with E-state index in [0.717, 1.165) is 0 Å². The van der Waals surface area contributed by atoms with Gasteiger partial charge in [-0.1, -0.05) is 0 Å². The summed E-state index contributed by atoms with van der Waals surface area (Å²) in [4.78, 5) is 0. The van der Waals surface area contributed by atoms with Crippen LogP contribution in [0, 0.1) is 0 Å². The summed E-state index contributed by atoms with van der Waals surface area (Å²) in [7, 11) is 4.87. The third kappa shape index (κ3) is 2.28. The van der Waals surface area contributed by atoms with E-state index in [9.17, 15) is 0 Å². The fourth-order valence-corrected chi connectivity index (χ4v) is 0. The minimum absolute atomic E-state index is 1.51. The van der Waals surface area contributed by atoms with Crippen LogP contribution >= 0.6 is 11.8 Å². The van der Waals surface area contributed by atoms with E-state index < -0.39 is 0 Å². The summed E-state index contributed by atoms with van der Waals surface area (Å²) in [5.41, 5.74) is 0. The van der Waals surface area contributed by atoms with Crippen molar-refractivity contribution in [2.24, 2.45) is 0 Å². The Morgan fingerprint density at radius 3 is 2.25 bits per heavy atom. The summed E-state index contributed by atoms with van der Waals surface area (Å²) in [6.07, 6.45) is 1.92. The van der Waals surface area contributed by atoms with E-state index in [1.54, 1.807) is 5.30 Å². The van der Waals surface area contributed by atoms with Crippen molar-refractivity contribution in [1.82, 2.24) is 0 Å². The summed E-state index contributed by atoms with van der Waals surface area (Å²) in [5.74, 6) is 0. The van der Waals surface area contributed by atoms with Crippen LogP contribution in [0.1, 0.15) is 0 Å². The van der Waals surface area contributed by atoms with Crippen molar-refractivity contribution in [3.05, 3.63) is 0 Å². The van der Waals surface area contributed by atoms with Crippen LogP contribution in [-0.2, 0) is 0 Å². The van der Waals surface area contributed by atoms with Crippen LogP contribution in [-0.4, -0.2) is 19.0 Å². The molecule has 0 N–H and O–H groups in total. The van der Waals surface area contributed by atoms with Gasteiger partial charge in [-0.25, -0.2) is 0 Å². The molecule has 0 fully saturated rings. The Morgan fingerprint density at radius 2 is 2.25 bits per heavy atom. The van der Waals surface area contributed by atoms with Gasteiger partial charge in [-0.05, 0) is 0 Å². The zero-order valence-corrected chi connectivity index (χ0v) is 3.38. The first-order valence-corrected chi connectivity index (χ1v) is 2.27. The molecule has 0 unspecified atom stereocenters. The van der Waals surface area contributed by atoms with Crippen LogP contribution < -0.4 is 0 Å². The molecular weight excluding hydrogens is 66.9 g/mol. The molecule has 0 aromatic rings. The Morgan fingerprint density at radius 1 is 2.00 bits per heavy atom. The van der Waals surface area contributed by atoms with E-state index in [1.807, 2.05) is 6.26 Å². The standard InChI is InChI=1S/C2H4BS/c1-4-2-3/h2H,1H3. The van der Waals surface area contributed by atoms with E-state index in [1.165, 1.54) is 11.8 Å². The van der Waals surface area contributed by atoms with Crippen LogP contribution in [0.25, 0.3) is 0 Å². The van der Waals surface area contributed by atoms with Gasteiger partial charge < -0.3 is 0 Å². The third-order valence-electron chi connectivity index (χ3n) is 0.136. The number of rotatable bonds is 1. The van der Waals surface area contributed by atoms with Gasteiger partial charge in [0.1, 0.15) is 0 Å². The fraction of sp³-hybridized carbons (Fsp3) is 0.500. The Hall–Kier alpha value is 0.285. The average molecular weight is 70.9 g/mol. The van der Waals surface area contributed by atoms with Crippen LogP contribution in [0.2, 0.25) is 0 Å². The first-order chi connectivity index (χ1) is 1.91. The predicted molar refractivity (Wildman–Crippen MR) is 25.3 cm³/mol. The predicted octanol–water partition coefficient (Wildman–Crippen LogP) is 0.278. The molecule has 4 heavy (non-hydrogen) atoms. The zero-order valence-electron chi connectivity index (χ0n) is 2.56. The Balaban J connectivity index is 2.30. The van der Waals surface area contributed by atoms with Crippen molar-refractivity contribution >= 4 is 24.5 Å². The van der Waals surface area contributed by atoms with Gasteiger partial charge in [0.05, 0.1) is 0 Å². The van der Waals surface area contributed by atoms with Gasteiger partial charge >= 0.3 is 30.8 Å². The summed E-state index contributed by atoms with van der Waals surface area (Å²) in [5, 5.41) is 1.54. The van der Waals surface area contributed by atoms with Crippen molar-refractivity contribution < 1.29 is 0 Å². The van der Waals surface area contributed by atoms with Crippen LogP contribution in [0.3, 0.4) is 0 Å². The molecule has 1 radical (unpaired) electrons. The molecule has 0 aliphatic rings. The van der Waals surface area contributed by atoms with Gasteiger partial charge in [-0.2, -0.15) is 0 Å². The molecule has 0 aliphatic heterocycles. The summed E-state index contributed by atoms with van der Waals surface area (Å²) < 4.78 is 0. The van der Waals surface area contributed by atoms with Gasteiger partial charge in [0.2, 0.25) is 0 Å². The minimum atomic E-state index is 1.51. The molecule has 0 aromatic heterocycles. The summed E-state index contributed by atoms with van der Waals surface area (Å²) in [6, 6.07) is 0. The molecular formula is C2H4BS. The second-order valence-electron chi connectivity index (χ2n) is 0.372. The van der Waals surface area contributed by atoms with Crippen LogP contribution in [0.5, 0.6) is 0 Å². The molecule has 0 rings (SSSR count). The van der Waals surface area contributed by atoms with E-state index in [4.69, 9.17) is 7.49 Å². The summed E-state index contributed by atoms with van der Waals surface area (Å²) in [6.45, 7) is 0. The van der Waals surface area contributed by atoms with E-state index in [2.05, 4.69) is 0 Å². The summed E-state index contributed by atoms with van der Waals surface area (Å²) >= 11 is 1.51. The van der Waals surface area contributed by atoms with Gasteiger partial charge in [0.15, 0.2) is 0 Å². The van der Waals surface area contributed by atoms with Crippen molar-refractivity contribution in [2.75, 3.05) is 6.26 Å². The quantitative estimate of drug-likeness (QED) is 0.400. The molecule has 0 saturated carbocycles. The second-order valence-corrected chi connectivity index (χ2v) is 1.12. The normalized spacial score (nSPS) is 6.00. The Kier molecular flexibility index (Phi) is 3.52. The molecule has 21 valence electrons. The van der Waals surface area contributed by atoms with E-state index in [0.29, 0.717) is 0 Å². The van der Waals surface area contributed by atoms with Crippen LogP contribution in [0.15, 0.2) is 0 Å². The van der Waals surface area contributed by atoms with Gasteiger partial charge in [-0.3, -0.25) is 0 Å². The molecule has 0 bridgehead atoms. The number of hydrogen-bond acceptors (Lipinski definition) is 1. The van der Waals surface area contributed by atoms with Gasteiger partial charge in [0, 0.05) is 0 Å². The van der Waals surface area contributed by atoms with Gasteiger partial charge in [-0.15, -0.1) is 0 Å². The molecule has 0 atom stereocenters. The maximum atomic E-state index is 4.87. The molecule has 0 spiro atoms.